The highest BCUT2D eigenvalue weighted by atomic mass is 16.5. The summed E-state index contributed by atoms with van der Waals surface area (Å²) in [4.78, 5) is 0. The zero-order valence-electron chi connectivity index (χ0n) is 7.22. The van der Waals surface area contributed by atoms with Crippen molar-refractivity contribution < 1.29 is 4.74 Å². The van der Waals surface area contributed by atoms with Crippen LogP contribution in [-0.2, 0) is 4.74 Å². The Morgan fingerprint density at radius 2 is 1.90 bits per heavy atom. The van der Waals surface area contributed by atoms with Crippen LogP contribution in [0.25, 0.3) is 0 Å². The molecule has 0 aliphatic heterocycles. The molecule has 0 aliphatic rings. The summed E-state index contributed by atoms with van der Waals surface area (Å²) in [5.41, 5.74) is 0. The van der Waals surface area contributed by atoms with E-state index in [1.807, 2.05) is 45.9 Å². The van der Waals surface area contributed by atoms with E-state index in [1.165, 1.54) is 0 Å². The van der Waals surface area contributed by atoms with Gasteiger partial charge >= 0.3 is 0 Å². The first-order chi connectivity index (χ1) is 4.70. The molecular weight excluding hydrogens is 124 g/mol. The Kier molecular flexibility index (Phi) is 4.73. The third kappa shape index (κ3) is 4.19. The molecular formula is C9H16O. The molecule has 1 nitrogen and oxygen atoms in total. The third-order valence-electron chi connectivity index (χ3n) is 0.987. The fraction of sp³-hybridized carbons (Fsp3) is 0.556. The molecule has 0 spiro atoms. The Labute approximate surface area is 63.4 Å². The van der Waals surface area contributed by atoms with E-state index in [2.05, 4.69) is 0 Å². The van der Waals surface area contributed by atoms with E-state index >= 15 is 0 Å². The minimum absolute atomic E-state index is 0.266. The predicted octanol–water partition coefficient (Wildman–Crippen LogP) is 2.89. The molecule has 0 N–H and O–H groups in total. The van der Waals surface area contributed by atoms with Crippen LogP contribution in [0.5, 0.6) is 0 Å². The van der Waals surface area contributed by atoms with E-state index in [1.54, 1.807) is 0 Å². The van der Waals surface area contributed by atoms with E-state index in [0.717, 1.165) is 5.76 Å². The predicted molar refractivity (Wildman–Crippen MR) is 44.8 cm³/mol. The van der Waals surface area contributed by atoms with Gasteiger partial charge in [0.25, 0.3) is 0 Å². The van der Waals surface area contributed by atoms with Gasteiger partial charge in [-0.25, -0.2) is 0 Å². The second-order valence-corrected chi connectivity index (χ2v) is 2.36. The molecule has 58 valence electrons. The van der Waals surface area contributed by atoms with Crippen LogP contribution >= 0.6 is 0 Å². The van der Waals surface area contributed by atoms with Crippen molar-refractivity contribution in [2.45, 2.75) is 33.8 Å². The van der Waals surface area contributed by atoms with Crippen molar-refractivity contribution in [3.8, 4) is 0 Å². The molecule has 0 saturated heterocycles. The molecule has 0 saturated carbocycles. The first-order valence-corrected chi connectivity index (χ1v) is 3.66. The number of hydrogen-bond acceptors (Lipinski definition) is 1. The monoisotopic (exact) mass is 140 g/mol. The molecule has 0 bridgehead atoms. The SMILES string of the molecule is C/C=C\C(=C/C)OC(C)C. The summed E-state index contributed by atoms with van der Waals surface area (Å²) in [6, 6.07) is 0. The Balaban J connectivity index is 3.86. The van der Waals surface area contributed by atoms with E-state index in [0.29, 0.717) is 0 Å². The fourth-order valence-corrected chi connectivity index (χ4v) is 0.640. The Morgan fingerprint density at radius 1 is 1.30 bits per heavy atom. The van der Waals surface area contributed by atoms with Crippen LogP contribution in [0.4, 0.5) is 0 Å². The van der Waals surface area contributed by atoms with Gasteiger partial charge in [0.15, 0.2) is 0 Å². The van der Waals surface area contributed by atoms with Crippen LogP contribution in [0.2, 0.25) is 0 Å². The summed E-state index contributed by atoms with van der Waals surface area (Å²) in [5.74, 6) is 0.942. The topological polar surface area (TPSA) is 9.23 Å². The maximum absolute atomic E-state index is 5.41. The van der Waals surface area contributed by atoms with Crippen molar-refractivity contribution in [1.82, 2.24) is 0 Å². The molecule has 0 atom stereocenters. The van der Waals surface area contributed by atoms with Gasteiger partial charge in [0, 0.05) is 0 Å². The summed E-state index contributed by atoms with van der Waals surface area (Å²) in [6.45, 7) is 7.99. The summed E-state index contributed by atoms with van der Waals surface area (Å²) in [5, 5.41) is 0. The highest BCUT2D eigenvalue weighted by Gasteiger charge is 1.93. The van der Waals surface area contributed by atoms with E-state index in [4.69, 9.17) is 4.74 Å². The molecule has 0 fully saturated rings. The normalized spacial score (nSPS) is 13.1. The summed E-state index contributed by atoms with van der Waals surface area (Å²) in [6.07, 6.45) is 6.15. The summed E-state index contributed by atoms with van der Waals surface area (Å²) < 4.78 is 5.41. The highest BCUT2D eigenvalue weighted by Crippen LogP contribution is 2.02. The van der Waals surface area contributed by atoms with Crippen molar-refractivity contribution in [2.75, 3.05) is 0 Å². The summed E-state index contributed by atoms with van der Waals surface area (Å²) >= 11 is 0. The number of hydrogen-bond donors (Lipinski definition) is 0. The smallest absolute Gasteiger partial charge is 0.115 e. The van der Waals surface area contributed by atoms with E-state index < -0.39 is 0 Å². The lowest BCUT2D eigenvalue weighted by Crippen LogP contribution is -2.00. The van der Waals surface area contributed by atoms with Crippen molar-refractivity contribution in [1.29, 1.82) is 0 Å². The molecule has 0 aromatic heterocycles. The Morgan fingerprint density at radius 3 is 2.20 bits per heavy atom. The van der Waals surface area contributed by atoms with E-state index in [9.17, 15) is 0 Å². The number of ether oxygens (including phenoxy) is 1. The Hall–Kier alpha value is -0.720. The molecule has 0 rings (SSSR count). The zero-order valence-corrected chi connectivity index (χ0v) is 7.22. The maximum atomic E-state index is 5.41. The van der Waals surface area contributed by atoms with Gasteiger partial charge in [-0.3, -0.25) is 0 Å². The molecule has 0 heterocycles. The molecule has 0 amide bonds. The quantitative estimate of drug-likeness (QED) is 0.432. The maximum Gasteiger partial charge on any atom is 0.115 e. The fourth-order valence-electron chi connectivity index (χ4n) is 0.640. The lowest BCUT2D eigenvalue weighted by atomic mass is 10.4. The van der Waals surface area contributed by atoms with Crippen LogP contribution in [0, 0.1) is 0 Å². The number of allylic oxidation sites excluding steroid dienone is 3. The zero-order chi connectivity index (χ0) is 7.98. The molecule has 0 unspecified atom stereocenters. The highest BCUT2D eigenvalue weighted by molar-refractivity contribution is 5.09. The molecule has 10 heavy (non-hydrogen) atoms. The lowest BCUT2D eigenvalue weighted by molar-refractivity contribution is 0.157. The largest absolute Gasteiger partial charge is 0.491 e. The van der Waals surface area contributed by atoms with Crippen LogP contribution < -0.4 is 0 Å². The van der Waals surface area contributed by atoms with E-state index in [-0.39, 0.29) is 6.10 Å². The van der Waals surface area contributed by atoms with Crippen LogP contribution in [0.3, 0.4) is 0 Å². The van der Waals surface area contributed by atoms with Crippen LogP contribution in [-0.4, -0.2) is 6.10 Å². The van der Waals surface area contributed by atoms with Gasteiger partial charge in [-0.1, -0.05) is 6.08 Å². The van der Waals surface area contributed by atoms with Gasteiger partial charge in [-0.05, 0) is 39.8 Å². The molecule has 0 aromatic carbocycles. The second-order valence-electron chi connectivity index (χ2n) is 2.36. The first kappa shape index (κ1) is 9.28. The average molecular weight is 140 g/mol. The van der Waals surface area contributed by atoms with Crippen molar-refractivity contribution in [2.24, 2.45) is 0 Å². The van der Waals surface area contributed by atoms with Crippen molar-refractivity contribution >= 4 is 0 Å². The van der Waals surface area contributed by atoms with Crippen LogP contribution in [0.15, 0.2) is 24.0 Å². The Bertz CT molecular complexity index is 132. The lowest BCUT2D eigenvalue weighted by Gasteiger charge is -2.09. The third-order valence-corrected chi connectivity index (χ3v) is 0.987. The number of rotatable bonds is 3. The minimum Gasteiger partial charge on any atom is -0.491 e. The second kappa shape index (κ2) is 5.10. The van der Waals surface area contributed by atoms with Gasteiger partial charge in [0.05, 0.1) is 6.10 Å². The molecule has 0 aromatic rings. The van der Waals surface area contributed by atoms with Gasteiger partial charge in [-0.2, -0.15) is 0 Å². The average Bonchev–Trinajstić information content (AvgIpc) is 1.86. The van der Waals surface area contributed by atoms with Gasteiger partial charge in [0.2, 0.25) is 0 Å². The molecule has 0 radical (unpaired) electrons. The molecule has 0 aliphatic carbocycles. The van der Waals surface area contributed by atoms with Gasteiger partial charge in [-0.15, -0.1) is 0 Å². The summed E-state index contributed by atoms with van der Waals surface area (Å²) in [7, 11) is 0. The van der Waals surface area contributed by atoms with Crippen molar-refractivity contribution in [3.05, 3.63) is 24.0 Å². The minimum atomic E-state index is 0.266. The van der Waals surface area contributed by atoms with Gasteiger partial charge in [0.1, 0.15) is 5.76 Å². The van der Waals surface area contributed by atoms with Crippen LogP contribution in [0.1, 0.15) is 27.7 Å². The van der Waals surface area contributed by atoms with Gasteiger partial charge < -0.3 is 4.74 Å². The standard InChI is InChI=1S/C9H16O/c1-5-7-9(6-2)10-8(3)4/h5-8H,1-4H3/b7-5-,9-6+. The van der Waals surface area contributed by atoms with Crippen molar-refractivity contribution in [3.63, 3.8) is 0 Å². The molecule has 1 heteroatoms. The first-order valence-electron chi connectivity index (χ1n) is 3.66.